The van der Waals surface area contributed by atoms with E-state index in [0.717, 1.165) is 0 Å². The van der Waals surface area contributed by atoms with E-state index in [-0.39, 0.29) is 17.9 Å². The Bertz CT molecular complexity index is 505. The molecule has 0 radical (unpaired) electrons. The Labute approximate surface area is 104 Å². The highest BCUT2D eigenvalue weighted by molar-refractivity contribution is 5.91. The second-order valence-corrected chi connectivity index (χ2v) is 3.83. The maximum atomic E-state index is 11.9. The number of ether oxygens (including phenoxy) is 1. The Morgan fingerprint density at radius 3 is 2.94 bits per heavy atom. The number of nitrogens with zero attached hydrogens (tertiary/aromatic N) is 3. The predicted molar refractivity (Wildman–Crippen MR) is 64.9 cm³/mol. The summed E-state index contributed by atoms with van der Waals surface area (Å²) >= 11 is 0. The molecule has 1 amide bonds. The Morgan fingerprint density at radius 1 is 1.56 bits per heavy atom. The molecule has 7 heteroatoms. The zero-order valence-corrected chi connectivity index (χ0v) is 10.3. The standard InChI is InChI=1S/C11H15N5O2/c1-8(16-5-3-4-6-16)10(17)13-11-12-9(7-18-2)14-15-11/h3-6,8H,7H2,1-2H3,(H2,12,13,14,15,17)/t8-/m1/s1. The molecule has 0 aliphatic rings. The second kappa shape index (κ2) is 5.46. The molecule has 1 atom stereocenters. The molecule has 0 aromatic carbocycles. The van der Waals surface area contributed by atoms with Crippen molar-refractivity contribution in [1.82, 2.24) is 19.7 Å². The van der Waals surface area contributed by atoms with Gasteiger partial charge in [0.2, 0.25) is 11.9 Å². The zero-order chi connectivity index (χ0) is 13.0. The number of nitrogens with one attached hydrogen (secondary N) is 2. The second-order valence-electron chi connectivity index (χ2n) is 3.83. The number of anilines is 1. The smallest absolute Gasteiger partial charge is 0.249 e. The number of carbonyl (C=O) groups is 1. The average Bonchev–Trinajstić information content (AvgIpc) is 3.00. The number of H-pyrrole nitrogens is 1. The highest BCUT2D eigenvalue weighted by atomic mass is 16.5. The lowest BCUT2D eigenvalue weighted by molar-refractivity contribution is -0.118. The molecule has 0 spiro atoms. The Morgan fingerprint density at radius 2 is 2.28 bits per heavy atom. The first kappa shape index (κ1) is 12.3. The number of aromatic amines is 1. The van der Waals surface area contributed by atoms with E-state index in [0.29, 0.717) is 12.4 Å². The summed E-state index contributed by atoms with van der Waals surface area (Å²) in [5, 5.41) is 9.20. The van der Waals surface area contributed by atoms with Gasteiger partial charge >= 0.3 is 0 Å². The van der Waals surface area contributed by atoms with Gasteiger partial charge < -0.3 is 9.30 Å². The number of amides is 1. The summed E-state index contributed by atoms with van der Waals surface area (Å²) in [6.07, 6.45) is 3.66. The lowest BCUT2D eigenvalue weighted by atomic mass is 10.3. The van der Waals surface area contributed by atoms with Crippen LogP contribution < -0.4 is 5.32 Å². The van der Waals surface area contributed by atoms with Crippen molar-refractivity contribution in [2.45, 2.75) is 19.6 Å². The molecular weight excluding hydrogens is 234 g/mol. The van der Waals surface area contributed by atoms with Crippen molar-refractivity contribution in [2.24, 2.45) is 0 Å². The molecule has 2 rings (SSSR count). The molecule has 0 unspecified atom stereocenters. The molecule has 0 bridgehead atoms. The summed E-state index contributed by atoms with van der Waals surface area (Å²) < 4.78 is 6.71. The van der Waals surface area contributed by atoms with Crippen LogP contribution in [0.5, 0.6) is 0 Å². The molecule has 0 aliphatic carbocycles. The maximum Gasteiger partial charge on any atom is 0.249 e. The lowest BCUT2D eigenvalue weighted by Gasteiger charge is -2.11. The van der Waals surface area contributed by atoms with Crippen LogP contribution in [0.3, 0.4) is 0 Å². The van der Waals surface area contributed by atoms with E-state index in [9.17, 15) is 4.79 Å². The van der Waals surface area contributed by atoms with Crippen LogP contribution in [0.4, 0.5) is 5.95 Å². The summed E-state index contributed by atoms with van der Waals surface area (Å²) in [6, 6.07) is 3.42. The first-order valence-corrected chi connectivity index (χ1v) is 5.54. The predicted octanol–water partition coefficient (Wildman–Crippen LogP) is 0.952. The number of aromatic nitrogens is 4. The van der Waals surface area contributed by atoms with Gasteiger partial charge in [0.1, 0.15) is 12.6 Å². The minimum atomic E-state index is -0.315. The highest BCUT2D eigenvalue weighted by Crippen LogP contribution is 2.09. The first-order chi connectivity index (χ1) is 8.70. The van der Waals surface area contributed by atoms with Gasteiger partial charge in [-0.3, -0.25) is 15.2 Å². The molecule has 18 heavy (non-hydrogen) atoms. The quantitative estimate of drug-likeness (QED) is 0.826. The van der Waals surface area contributed by atoms with Crippen molar-refractivity contribution >= 4 is 11.9 Å². The fourth-order valence-corrected chi connectivity index (χ4v) is 1.51. The van der Waals surface area contributed by atoms with E-state index in [1.54, 1.807) is 18.6 Å². The van der Waals surface area contributed by atoms with Gasteiger partial charge in [0.25, 0.3) is 0 Å². The normalized spacial score (nSPS) is 12.3. The Hall–Kier alpha value is -2.15. The van der Waals surface area contributed by atoms with Gasteiger partial charge in [-0.05, 0) is 19.1 Å². The first-order valence-electron chi connectivity index (χ1n) is 5.54. The van der Waals surface area contributed by atoms with Crippen LogP contribution in [0.1, 0.15) is 18.8 Å². The lowest BCUT2D eigenvalue weighted by Crippen LogP contribution is -2.23. The summed E-state index contributed by atoms with van der Waals surface area (Å²) in [5.41, 5.74) is 0. The number of carbonyl (C=O) groups excluding carboxylic acids is 1. The van der Waals surface area contributed by atoms with Gasteiger partial charge in [-0.1, -0.05) is 0 Å². The van der Waals surface area contributed by atoms with Crippen molar-refractivity contribution in [3.8, 4) is 0 Å². The molecule has 2 heterocycles. The van der Waals surface area contributed by atoms with Crippen LogP contribution in [-0.2, 0) is 16.1 Å². The fourth-order valence-electron chi connectivity index (χ4n) is 1.51. The third-order valence-corrected chi connectivity index (χ3v) is 2.50. The molecule has 2 N–H and O–H groups in total. The number of hydrogen-bond donors (Lipinski definition) is 2. The van der Waals surface area contributed by atoms with Gasteiger partial charge in [-0.25, -0.2) is 0 Å². The molecule has 0 saturated heterocycles. The van der Waals surface area contributed by atoms with E-state index < -0.39 is 0 Å². The van der Waals surface area contributed by atoms with E-state index >= 15 is 0 Å². The SMILES string of the molecule is COCc1nc(NC(=O)[C@@H](C)n2cccc2)n[nH]1. The minimum Gasteiger partial charge on any atom is -0.377 e. The Balaban J connectivity index is 1.98. The van der Waals surface area contributed by atoms with E-state index in [1.807, 2.05) is 24.5 Å². The van der Waals surface area contributed by atoms with Crippen LogP contribution >= 0.6 is 0 Å². The Kier molecular flexibility index (Phi) is 3.73. The van der Waals surface area contributed by atoms with Crippen molar-refractivity contribution in [3.63, 3.8) is 0 Å². The van der Waals surface area contributed by atoms with Crippen LogP contribution in [0.2, 0.25) is 0 Å². The largest absolute Gasteiger partial charge is 0.377 e. The van der Waals surface area contributed by atoms with Gasteiger partial charge in [0, 0.05) is 19.5 Å². The molecule has 0 saturated carbocycles. The molecular formula is C11H15N5O2. The molecule has 0 fully saturated rings. The number of hydrogen-bond acceptors (Lipinski definition) is 4. The van der Waals surface area contributed by atoms with Gasteiger partial charge in [0.05, 0.1) is 0 Å². The van der Waals surface area contributed by atoms with Crippen molar-refractivity contribution < 1.29 is 9.53 Å². The summed E-state index contributed by atoms with van der Waals surface area (Å²) in [7, 11) is 1.56. The van der Waals surface area contributed by atoms with Crippen LogP contribution in [-0.4, -0.2) is 32.8 Å². The third kappa shape index (κ3) is 2.75. The summed E-state index contributed by atoms with van der Waals surface area (Å²) in [4.78, 5) is 16.0. The van der Waals surface area contributed by atoms with Gasteiger partial charge in [0.15, 0.2) is 5.82 Å². The van der Waals surface area contributed by atoms with Crippen molar-refractivity contribution in [2.75, 3.05) is 12.4 Å². The van der Waals surface area contributed by atoms with Crippen LogP contribution in [0, 0.1) is 0 Å². The van der Waals surface area contributed by atoms with E-state index in [1.165, 1.54) is 0 Å². The molecule has 96 valence electrons. The fraction of sp³-hybridized carbons (Fsp3) is 0.364. The number of rotatable bonds is 5. The average molecular weight is 249 g/mol. The third-order valence-electron chi connectivity index (χ3n) is 2.50. The summed E-state index contributed by atoms with van der Waals surface area (Å²) in [6.45, 7) is 2.13. The zero-order valence-electron chi connectivity index (χ0n) is 10.3. The molecule has 0 aliphatic heterocycles. The number of methoxy groups -OCH3 is 1. The maximum absolute atomic E-state index is 11.9. The van der Waals surface area contributed by atoms with Crippen molar-refractivity contribution in [3.05, 3.63) is 30.4 Å². The summed E-state index contributed by atoms with van der Waals surface area (Å²) in [5.74, 6) is 0.654. The van der Waals surface area contributed by atoms with Crippen LogP contribution in [0.25, 0.3) is 0 Å². The molecule has 2 aromatic heterocycles. The molecule has 7 nitrogen and oxygen atoms in total. The van der Waals surface area contributed by atoms with Gasteiger partial charge in [-0.2, -0.15) is 4.98 Å². The van der Waals surface area contributed by atoms with Crippen LogP contribution in [0.15, 0.2) is 24.5 Å². The van der Waals surface area contributed by atoms with Crippen molar-refractivity contribution in [1.29, 1.82) is 0 Å². The highest BCUT2D eigenvalue weighted by Gasteiger charge is 2.15. The monoisotopic (exact) mass is 249 g/mol. The minimum absolute atomic E-state index is 0.172. The molecule has 2 aromatic rings. The van der Waals surface area contributed by atoms with Gasteiger partial charge in [-0.15, -0.1) is 5.10 Å². The van der Waals surface area contributed by atoms with E-state index in [4.69, 9.17) is 4.74 Å². The topological polar surface area (TPSA) is 84.8 Å². The van der Waals surface area contributed by atoms with E-state index in [2.05, 4.69) is 20.5 Å².